The van der Waals surface area contributed by atoms with Gasteiger partial charge in [0.1, 0.15) is 0 Å². The van der Waals surface area contributed by atoms with E-state index in [9.17, 15) is 4.79 Å². The van der Waals surface area contributed by atoms with Gasteiger partial charge in [0.25, 0.3) is 5.91 Å². The molecule has 3 rings (SSSR count). The number of ether oxygens (including phenoxy) is 1. The number of carbonyl (C=O) groups excluding carboxylic acids is 1. The molecule has 0 saturated heterocycles. The molecule has 0 saturated carbocycles. The van der Waals surface area contributed by atoms with E-state index in [1.807, 2.05) is 36.1 Å². The Kier molecular flexibility index (Phi) is 3.35. The molecule has 0 fully saturated rings. The van der Waals surface area contributed by atoms with E-state index in [4.69, 9.17) is 4.74 Å². The van der Waals surface area contributed by atoms with Gasteiger partial charge in [-0.05, 0) is 37.3 Å². The predicted molar refractivity (Wildman–Crippen MR) is 78.8 cm³/mol. The van der Waals surface area contributed by atoms with E-state index in [-0.39, 0.29) is 5.91 Å². The highest BCUT2D eigenvalue weighted by molar-refractivity contribution is 6.24. The van der Waals surface area contributed by atoms with Crippen LogP contribution in [0.1, 0.15) is 30.4 Å². The molecule has 20 heavy (non-hydrogen) atoms. The smallest absolute Gasteiger partial charge is 0.262 e. The van der Waals surface area contributed by atoms with Gasteiger partial charge < -0.3 is 9.64 Å². The van der Waals surface area contributed by atoms with Crippen molar-refractivity contribution in [1.29, 1.82) is 0 Å². The topological polar surface area (TPSA) is 29.5 Å². The van der Waals surface area contributed by atoms with Gasteiger partial charge in [-0.25, -0.2) is 0 Å². The molecule has 0 aliphatic carbocycles. The summed E-state index contributed by atoms with van der Waals surface area (Å²) in [5, 5.41) is 0. The van der Waals surface area contributed by atoms with Crippen molar-refractivity contribution in [2.75, 3.05) is 13.7 Å². The van der Waals surface area contributed by atoms with Crippen molar-refractivity contribution in [3.63, 3.8) is 0 Å². The van der Waals surface area contributed by atoms with Gasteiger partial charge in [-0.1, -0.05) is 30.3 Å². The van der Waals surface area contributed by atoms with Gasteiger partial charge in [0.2, 0.25) is 0 Å². The lowest BCUT2D eigenvalue weighted by atomic mass is 10.00. The summed E-state index contributed by atoms with van der Waals surface area (Å²) in [6.45, 7) is 2.81. The van der Waals surface area contributed by atoms with Gasteiger partial charge in [-0.3, -0.25) is 4.79 Å². The second-order valence-electron chi connectivity index (χ2n) is 5.27. The monoisotopic (exact) mass is 269 g/mol. The molecule has 2 aliphatic rings. The number of benzene rings is 1. The Bertz CT molecular complexity index is 613. The van der Waals surface area contributed by atoms with E-state index >= 15 is 0 Å². The van der Waals surface area contributed by atoms with Crippen LogP contribution in [0.3, 0.4) is 0 Å². The third-order valence-electron chi connectivity index (χ3n) is 4.00. The minimum absolute atomic E-state index is 0.0734. The van der Waals surface area contributed by atoms with Crippen LogP contribution in [0.5, 0.6) is 0 Å². The van der Waals surface area contributed by atoms with Crippen LogP contribution in [0.25, 0.3) is 5.57 Å². The van der Waals surface area contributed by atoms with Gasteiger partial charge >= 0.3 is 0 Å². The third-order valence-corrected chi connectivity index (χ3v) is 4.00. The minimum Gasteiger partial charge on any atom is -0.494 e. The molecule has 0 N–H and O–H groups in total. The maximum atomic E-state index is 12.8. The highest BCUT2D eigenvalue weighted by atomic mass is 16.5. The SMILES string of the molecule is COC1=C(c2ccccc2C)C(=O)N2CCCCC=C12. The second-order valence-corrected chi connectivity index (χ2v) is 5.27. The number of rotatable bonds is 2. The molecule has 1 amide bonds. The fourth-order valence-corrected chi connectivity index (χ4v) is 2.97. The van der Waals surface area contributed by atoms with Crippen molar-refractivity contribution in [3.8, 4) is 0 Å². The normalized spacial score (nSPS) is 18.8. The average Bonchev–Trinajstić information content (AvgIpc) is 2.62. The number of amides is 1. The first-order valence-corrected chi connectivity index (χ1v) is 7.10. The minimum atomic E-state index is 0.0734. The quantitative estimate of drug-likeness (QED) is 0.824. The molecule has 0 unspecified atom stereocenters. The summed E-state index contributed by atoms with van der Waals surface area (Å²) >= 11 is 0. The molecule has 3 heteroatoms. The maximum absolute atomic E-state index is 12.8. The lowest BCUT2D eigenvalue weighted by Crippen LogP contribution is -2.26. The van der Waals surface area contributed by atoms with E-state index in [2.05, 4.69) is 6.08 Å². The number of methoxy groups -OCH3 is 1. The largest absolute Gasteiger partial charge is 0.494 e. The standard InChI is InChI=1S/C17H19NO2/c1-12-8-5-6-9-13(12)15-16(20-2)14-10-4-3-7-11-18(14)17(15)19/h5-6,8-10H,3-4,7,11H2,1-2H3. The van der Waals surface area contributed by atoms with Crippen LogP contribution in [0, 0.1) is 6.92 Å². The van der Waals surface area contributed by atoms with Gasteiger partial charge in [0.15, 0.2) is 5.76 Å². The second kappa shape index (κ2) is 5.16. The molecule has 0 atom stereocenters. The molecule has 0 radical (unpaired) electrons. The first-order valence-electron chi connectivity index (χ1n) is 7.10. The van der Waals surface area contributed by atoms with Crippen molar-refractivity contribution >= 4 is 11.5 Å². The van der Waals surface area contributed by atoms with E-state index < -0.39 is 0 Å². The summed E-state index contributed by atoms with van der Waals surface area (Å²) in [7, 11) is 1.65. The molecule has 0 spiro atoms. The summed E-state index contributed by atoms with van der Waals surface area (Å²) in [4.78, 5) is 14.6. The molecule has 1 aromatic carbocycles. The number of hydrogen-bond acceptors (Lipinski definition) is 2. The van der Waals surface area contributed by atoms with Crippen molar-refractivity contribution in [1.82, 2.24) is 4.90 Å². The Balaban J connectivity index is 2.17. The van der Waals surface area contributed by atoms with Crippen molar-refractivity contribution in [2.24, 2.45) is 0 Å². The fourth-order valence-electron chi connectivity index (χ4n) is 2.97. The number of allylic oxidation sites excluding steroid dienone is 1. The van der Waals surface area contributed by atoms with E-state index in [0.717, 1.165) is 48.4 Å². The zero-order valence-corrected chi connectivity index (χ0v) is 12.0. The van der Waals surface area contributed by atoms with Crippen molar-refractivity contribution in [3.05, 3.63) is 52.9 Å². The lowest BCUT2D eigenvalue weighted by molar-refractivity contribution is -0.122. The summed E-state index contributed by atoms with van der Waals surface area (Å²) in [6, 6.07) is 7.98. The number of carbonyl (C=O) groups is 1. The van der Waals surface area contributed by atoms with Crippen molar-refractivity contribution in [2.45, 2.75) is 26.2 Å². The van der Waals surface area contributed by atoms with Crippen LogP contribution >= 0.6 is 0 Å². The zero-order chi connectivity index (χ0) is 14.1. The zero-order valence-electron chi connectivity index (χ0n) is 12.0. The molecule has 2 aliphatic heterocycles. The summed E-state index contributed by atoms with van der Waals surface area (Å²) in [6.07, 6.45) is 5.32. The third kappa shape index (κ3) is 1.94. The molecule has 1 aromatic rings. The van der Waals surface area contributed by atoms with Gasteiger partial charge in [-0.15, -0.1) is 0 Å². The average molecular weight is 269 g/mol. The fraction of sp³-hybridized carbons (Fsp3) is 0.353. The molecule has 3 nitrogen and oxygen atoms in total. The predicted octanol–water partition coefficient (Wildman–Crippen LogP) is 3.26. The van der Waals surface area contributed by atoms with E-state index in [0.29, 0.717) is 5.57 Å². The van der Waals surface area contributed by atoms with Crippen LogP contribution < -0.4 is 0 Å². The lowest BCUT2D eigenvalue weighted by Gasteiger charge is -2.17. The first-order chi connectivity index (χ1) is 9.74. The van der Waals surface area contributed by atoms with Crippen LogP contribution in [0.4, 0.5) is 0 Å². The van der Waals surface area contributed by atoms with Gasteiger partial charge in [0.05, 0.1) is 18.4 Å². The van der Waals surface area contributed by atoms with Gasteiger partial charge in [0, 0.05) is 6.54 Å². The summed E-state index contributed by atoms with van der Waals surface area (Å²) < 4.78 is 5.58. The Labute approximate surface area is 119 Å². The molecular weight excluding hydrogens is 250 g/mol. The molecule has 0 aromatic heterocycles. The van der Waals surface area contributed by atoms with Crippen LogP contribution in [0.2, 0.25) is 0 Å². The van der Waals surface area contributed by atoms with E-state index in [1.165, 1.54) is 0 Å². The molecular formula is C17H19NO2. The number of hydrogen-bond donors (Lipinski definition) is 0. The molecule has 0 bridgehead atoms. The highest BCUT2D eigenvalue weighted by Crippen LogP contribution is 2.38. The number of nitrogens with zero attached hydrogens (tertiary/aromatic N) is 1. The van der Waals surface area contributed by atoms with Crippen LogP contribution in [-0.4, -0.2) is 24.5 Å². The Morgan fingerprint density at radius 2 is 2.00 bits per heavy atom. The number of aryl methyl sites for hydroxylation is 1. The number of fused-ring (bicyclic) bond motifs is 1. The van der Waals surface area contributed by atoms with Crippen LogP contribution in [0.15, 0.2) is 41.8 Å². The van der Waals surface area contributed by atoms with E-state index in [1.54, 1.807) is 7.11 Å². The molecule has 2 heterocycles. The van der Waals surface area contributed by atoms with Crippen molar-refractivity contribution < 1.29 is 9.53 Å². The summed E-state index contributed by atoms with van der Waals surface area (Å²) in [5.74, 6) is 0.801. The Morgan fingerprint density at radius 1 is 1.20 bits per heavy atom. The Morgan fingerprint density at radius 3 is 2.75 bits per heavy atom. The summed E-state index contributed by atoms with van der Waals surface area (Å²) in [5.41, 5.74) is 3.74. The maximum Gasteiger partial charge on any atom is 0.262 e. The Hall–Kier alpha value is -2.03. The first kappa shape index (κ1) is 13.0. The van der Waals surface area contributed by atoms with Crippen LogP contribution in [-0.2, 0) is 9.53 Å². The van der Waals surface area contributed by atoms with Gasteiger partial charge in [-0.2, -0.15) is 0 Å². The highest BCUT2D eigenvalue weighted by Gasteiger charge is 2.37. The molecule has 104 valence electrons.